The number of anilines is 1. The lowest BCUT2D eigenvalue weighted by Gasteiger charge is -2.10. The second-order valence-electron chi connectivity index (χ2n) is 3.52. The summed E-state index contributed by atoms with van der Waals surface area (Å²) in [6, 6.07) is 1.61. The van der Waals surface area contributed by atoms with Crippen LogP contribution in [0.1, 0.15) is 10.4 Å². The number of nitrogens with two attached hydrogens (primary N) is 1. The highest BCUT2D eigenvalue weighted by Gasteiger charge is 2.08. The largest absolute Gasteiger partial charge is 0.398 e. The minimum Gasteiger partial charge on any atom is -0.398 e. The third kappa shape index (κ3) is 4.46. The molecule has 5 nitrogen and oxygen atoms in total. The van der Waals surface area contributed by atoms with Gasteiger partial charge in [0.25, 0.3) is 5.91 Å². The van der Waals surface area contributed by atoms with E-state index in [1.165, 1.54) is 6.20 Å². The van der Waals surface area contributed by atoms with E-state index in [-0.39, 0.29) is 18.3 Å². The van der Waals surface area contributed by atoms with Gasteiger partial charge in [-0.15, -0.1) is 12.4 Å². The van der Waals surface area contributed by atoms with Crippen LogP contribution in [-0.2, 0) is 0 Å². The number of nitrogens with one attached hydrogen (secondary N) is 1. The van der Waals surface area contributed by atoms with Gasteiger partial charge in [0.1, 0.15) is 0 Å². The van der Waals surface area contributed by atoms with Crippen molar-refractivity contribution in [1.29, 1.82) is 0 Å². The zero-order valence-electron chi connectivity index (χ0n) is 9.43. The third-order valence-electron chi connectivity index (χ3n) is 1.94. The number of carbonyl (C=O) groups excluding carboxylic acids is 1. The number of nitrogens with zero attached hydrogens (tertiary/aromatic N) is 2. The van der Waals surface area contributed by atoms with Crippen LogP contribution in [0.4, 0.5) is 5.69 Å². The molecule has 0 spiro atoms. The first-order valence-electron chi connectivity index (χ1n) is 4.73. The summed E-state index contributed by atoms with van der Waals surface area (Å²) in [6.45, 7) is 1.39. The van der Waals surface area contributed by atoms with Gasteiger partial charge in [-0.3, -0.25) is 9.78 Å². The molecule has 0 aliphatic carbocycles. The molecule has 0 aliphatic heterocycles. The van der Waals surface area contributed by atoms with E-state index in [1.54, 1.807) is 12.3 Å². The van der Waals surface area contributed by atoms with Crippen LogP contribution in [0, 0.1) is 0 Å². The molecule has 0 saturated carbocycles. The van der Waals surface area contributed by atoms with Crippen molar-refractivity contribution in [1.82, 2.24) is 15.2 Å². The number of hydrogen-bond acceptors (Lipinski definition) is 4. The zero-order valence-corrected chi connectivity index (χ0v) is 10.3. The molecule has 1 rings (SSSR count). The Kier molecular flexibility index (Phi) is 6.44. The Morgan fingerprint density at radius 2 is 2.25 bits per heavy atom. The van der Waals surface area contributed by atoms with Gasteiger partial charge in [0.15, 0.2) is 0 Å². The van der Waals surface area contributed by atoms with Crippen molar-refractivity contribution in [3.8, 4) is 0 Å². The van der Waals surface area contributed by atoms with E-state index in [0.717, 1.165) is 6.54 Å². The number of aromatic nitrogens is 1. The first-order chi connectivity index (χ1) is 7.11. The summed E-state index contributed by atoms with van der Waals surface area (Å²) in [5.41, 5.74) is 6.52. The van der Waals surface area contributed by atoms with Crippen LogP contribution in [0.15, 0.2) is 18.5 Å². The van der Waals surface area contributed by atoms with Crippen molar-refractivity contribution in [3.63, 3.8) is 0 Å². The molecule has 1 aromatic rings. The van der Waals surface area contributed by atoms with E-state index in [2.05, 4.69) is 10.3 Å². The maximum absolute atomic E-state index is 11.6. The Balaban J connectivity index is 0.00000225. The second-order valence-corrected chi connectivity index (χ2v) is 3.52. The average Bonchev–Trinajstić information content (AvgIpc) is 2.17. The monoisotopic (exact) mass is 244 g/mol. The highest BCUT2D eigenvalue weighted by molar-refractivity contribution is 5.98. The number of likely N-dealkylation sites (N-methyl/N-ethyl adjacent to an activating group) is 1. The lowest BCUT2D eigenvalue weighted by Crippen LogP contribution is -2.31. The molecule has 0 radical (unpaired) electrons. The van der Waals surface area contributed by atoms with Crippen LogP contribution in [0.25, 0.3) is 0 Å². The molecule has 0 aliphatic rings. The van der Waals surface area contributed by atoms with Crippen molar-refractivity contribution in [2.24, 2.45) is 0 Å². The quantitative estimate of drug-likeness (QED) is 0.803. The molecule has 0 unspecified atom stereocenters. The molecule has 1 heterocycles. The van der Waals surface area contributed by atoms with Gasteiger partial charge in [0.2, 0.25) is 0 Å². The summed E-state index contributed by atoms with van der Waals surface area (Å²) >= 11 is 0. The van der Waals surface area contributed by atoms with Crippen LogP contribution in [0.2, 0.25) is 0 Å². The van der Waals surface area contributed by atoms with Crippen molar-refractivity contribution in [3.05, 3.63) is 24.0 Å². The molecule has 0 saturated heterocycles. The highest BCUT2D eigenvalue weighted by Crippen LogP contribution is 2.07. The van der Waals surface area contributed by atoms with E-state index in [0.29, 0.717) is 17.8 Å². The van der Waals surface area contributed by atoms with Crippen LogP contribution in [-0.4, -0.2) is 43.0 Å². The minimum absolute atomic E-state index is 0. The first-order valence-corrected chi connectivity index (χ1v) is 4.73. The van der Waals surface area contributed by atoms with Crippen LogP contribution < -0.4 is 11.1 Å². The van der Waals surface area contributed by atoms with Crippen molar-refractivity contribution in [2.75, 3.05) is 32.9 Å². The lowest BCUT2D eigenvalue weighted by atomic mass is 10.2. The molecular formula is C10H17ClN4O. The van der Waals surface area contributed by atoms with Crippen molar-refractivity contribution >= 4 is 24.0 Å². The number of pyridine rings is 1. The van der Waals surface area contributed by atoms with Gasteiger partial charge >= 0.3 is 0 Å². The molecular weight excluding hydrogens is 228 g/mol. The molecule has 0 atom stereocenters. The van der Waals surface area contributed by atoms with E-state index in [4.69, 9.17) is 5.73 Å². The van der Waals surface area contributed by atoms with Gasteiger partial charge < -0.3 is 16.0 Å². The number of carbonyl (C=O) groups is 1. The zero-order chi connectivity index (χ0) is 11.3. The fourth-order valence-electron chi connectivity index (χ4n) is 1.08. The van der Waals surface area contributed by atoms with Crippen LogP contribution in [0.3, 0.4) is 0 Å². The Bertz CT molecular complexity index is 343. The number of nitrogen functional groups attached to an aromatic ring is 1. The summed E-state index contributed by atoms with van der Waals surface area (Å²) < 4.78 is 0. The fourth-order valence-corrected chi connectivity index (χ4v) is 1.08. The van der Waals surface area contributed by atoms with Crippen LogP contribution in [0.5, 0.6) is 0 Å². The molecule has 6 heteroatoms. The van der Waals surface area contributed by atoms with E-state index in [1.807, 2.05) is 19.0 Å². The predicted octanol–water partition coefficient (Wildman–Crippen LogP) is 0.377. The predicted molar refractivity (Wildman–Crippen MR) is 66.8 cm³/mol. The topological polar surface area (TPSA) is 71.2 Å². The molecule has 0 aromatic carbocycles. The van der Waals surface area contributed by atoms with Gasteiger partial charge in [0.05, 0.1) is 5.56 Å². The van der Waals surface area contributed by atoms with Gasteiger partial charge in [-0.2, -0.15) is 0 Å². The molecule has 0 bridgehead atoms. The Hall–Kier alpha value is -1.33. The van der Waals surface area contributed by atoms with E-state index < -0.39 is 0 Å². The highest BCUT2D eigenvalue weighted by atomic mass is 35.5. The van der Waals surface area contributed by atoms with Gasteiger partial charge in [-0.25, -0.2) is 0 Å². The molecule has 0 fully saturated rings. The number of halogens is 1. The molecule has 3 N–H and O–H groups in total. The van der Waals surface area contributed by atoms with E-state index in [9.17, 15) is 4.79 Å². The number of rotatable bonds is 4. The maximum Gasteiger partial charge on any atom is 0.254 e. The van der Waals surface area contributed by atoms with Crippen molar-refractivity contribution in [2.45, 2.75) is 0 Å². The average molecular weight is 245 g/mol. The number of hydrogen-bond donors (Lipinski definition) is 2. The standard InChI is InChI=1S/C10H16N4O.ClH/c1-14(2)6-5-13-10(15)8-7-12-4-3-9(8)11;/h3-4,7H,5-6H2,1-2H3,(H2,11,12)(H,13,15);1H. The molecule has 1 aromatic heterocycles. The summed E-state index contributed by atoms with van der Waals surface area (Å²) in [7, 11) is 3.90. The molecule has 90 valence electrons. The normalized spacial score (nSPS) is 9.69. The summed E-state index contributed by atoms with van der Waals surface area (Å²) in [5.74, 6) is -0.178. The van der Waals surface area contributed by atoms with Crippen molar-refractivity contribution < 1.29 is 4.79 Å². The minimum atomic E-state index is -0.178. The lowest BCUT2D eigenvalue weighted by molar-refractivity contribution is 0.0951. The number of amides is 1. The first kappa shape index (κ1) is 14.7. The fraction of sp³-hybridized carbons (Fsp3) is 0.400. The van der Waals surface area contributed by atoms with Crippen LogP contribution >= 0.6 is 12.4 Å². The Labute approximate surface area is 101 Å². The smallest absolute Gasteiger partial charge is 0.254 e. The van der Waals surface area contributed by atoms with Gasteiger partial charge in [0, 0.05) is 31.2 Å². The third-order valence-corrected chi connectivity index (χ3v) is 1.94. The summed E-state index contributed by atoms with van der Waals surface area (Å²) in [4.78, 5) is 17.4. The molecule has 16 heavy (non-hydrogen) atoms. The summed E-state index contributed by atoms with van der Waals surface area (Å²) in [6.07, 6.45) is 3.03. The maximum atomic E-state index is 11.6. The van der Waals surface area contributed by atoms with E-state index >= 15 is 0 Å². The Morgan fingerprint density at radius 3 is 2.81 bits per heavy atom. The Morgan fingerprint density at radius 1 is 1.56 bits per heavy atom. The second kappa shape index (κ2) is 7.03. The molecule has 1 amide bonds. The van der Waals surface area contributed by atoms with Gasteiger partial charge in [-0.05, 0) is 20.2 Å². The SMILES string of the molecule is CN(C)CCNC(=O)c1cnccc1N.Cl. The summed E-state index contributed by atoms with van der Waals surface area (Å²) in [5, 5.41) is 2.77. The van der Waals surface area contributed by atoms with Gasteiger partial charge in [-0.1, -0.05) is 0 Å².